The number of amides is 2. The number of rotatable bonds is 8. The summed E-state index contributed by atoms with van der Waals surface area (Å²) in [7, 11) is 0. The van der Waals surface area contributed by atoms with Crippen molar-refractivity contribution in [1.29, 1.82) is 5.41 Å². The summed E-state index contributed by atoms with van der Waals surface area (Å²) in [5.74, 6) is -0.0879. The van der Waals surface area contributed by atoms with E-state index in [0.717, 1.165) is 42.6 Å². The Kier molecular flexibility index (Phi) is 7.96. The quantitative estimate of drug-likeness (QED) is 0.279. The Morgan fingerprint density at radius 3 is 2.72 bits per heavy atom. The van der Waals surface area contributed by atoms with Crippen molar-refractivity contribution >= 4 is 23.6 Å². The number of aromatic nitrogens is 1. The van der Waals surface area contributed by atoms with Crippen molar-refractivity contribution < 1.29 is 9.18 Å². The fraction of sp³-hybridized carbons (Fsp3) is 0.312. The SMILES string of the molecule is CC12CC(C=N)C(=Nc3cccnc3)C=C1CCC2CC(NC(=O)NCc1ccccc1F)c1ccccc1. The molecule has 4 atom stereocenters. The molecule has 2 aliphatic rings. The highest BCUT2D eigenvalue weighted by molar-refractivity contribution is 6.07. The standard InChI is InChI=1S/C32H34FN5O/c1-32-18-24(19-34)30(37-27-11-7-15-35-21-27)17-26(32)14-13-25(32)16-29(22-8-3-2-4-9-22)38-31(39)36-20-23-10-5-6-12-28(23)33/h2-12,15,17,19,21,24-25,29,34H,13-14,16,18,20H2,1H3,(H2,36,38,39). The molecular weight excluding hydrogens is 489 g/mol. The van der Waals surface area contributed by atoms with Crippen LogP contribution in [0, 0.1) is 28.5 Å². The van der Waals surface area contributed by atoms with Crippen LogP contribution in [0.2, 0.25) is 0 Å². The van der Waals surface area contributed by atoms with Crippen LogP contribution in [-0.4, -0.2) is 22.9 Å². The average Bonchev–Trinajstić information content (AvgIpc) is 3.27. The number of hydrogen-bond acceptors (Lipinski definition) is 4. The van der Waals surface area contributed by atoms with Crippen LogP contribution in [0.4, 0.5) is 14.9 Å². The second-order valence-corrected chi connectivity index (χ2v) is 10.7. The first-order valence-corrected chi connectivity index (χ1v) is 13.5. The van der Waals surface area contributed by atoms with Crippen LogP contribution < -0.4 is 10.6 Å². The van der Waals surface area contributed by atoms with Crippen LogP contribution in [0.1, 0.15) is 49.8 Å². The monoisotopic (exact) mass is 523 g/mol. The molecule has 1 saturated carbocycles. The fourth-order valence-corrected chi connectivity index (χ4v) is 6.06. The van der Waals surface area contributed by atoms with Crippen molar-refractivity contribution in [3.63, 3.8) is 0 Å². The van der Waals surface area contributed by atoms with Crippen molar-refractivity contribution in [3.8, 4) is 0 Å². The Morgan fingerprint density at radius 2 is 1.97 bits per heavy atom. The summed E-state index contributed by atoms with van der Waals surface area (Å²) in [6.07, 6.45) is 10.7. The summed E-state index contributed by atoms with van der Waals surface area (Å²) in [5, 5.41) is 14.1. The maximum absolute atomic E-state index is 14.0. The average molecular weight is 524 g/mol. The summed E-state index contributed by atoms with van der Waals surface area (Å²) >= 11 is 0. The smallest absolute Gasteiger partial charge is 0.315 e. The van der Waals surface area contributed by atoms with E-state index in [2.05, 4.69) is 28.6 Å². The van der Waals surface area contributed by atoms with Crippen molar-refractivity contribution in [2.75, 3.05) is 0 Å². The van der Waals surface area contributed by atoms with Gasteiger partial charge in [-0.15, -0.1) is 0 Å². The number of allylic oxidation sites excluding steroid dienone is 2. The maximum atomic E-state index is 14.0. The Balaban J connectivity index is 1.34. The normalized spacial score (nSPS) is 23.9. The minimum Gasteiger partial charge on any atom is -0.334 e. The number of fused-ring (bicyclic) bond motifs is 1. The van der Waals surface area contributed by atoms with Gasteiger partial charge in [-0.05, 0) is 66.9 Å². The Bertz CT molecular complexity index is 1370. The van der Waals surface area contributed by atoms with Gasteiger partial charge in [0.2, 0.25) is 0 Å². The number of nitrogens with one attached hydrogen (secondary N) is 3. The second-order valence-electron chi connectivity index (χ2n) is 10.7. The van der Waals surface area contributed by atoms with E-state index < -0.39 is 0 Å². The molecule has 1 aromatic heterocycles. The summed E-state index contributed by atoms with van der Waals surface area (Å²) in [5.41, 5.74) is 4.47. The number of nitrogens with zero attached hydrogens (tertiary/aromatic N) is 2. The van der Waals surface area contributed by atoms with Crippen molar-refractivity contribution in [2.24, 2.45) is 22.2 Å². The lowest BCUT2D eigenvalue weighted by molar-refractivity contribution is 0.204. The molecule has 1 heterocycles. The summed E-state index contributed by atoms with van der Waals surface area (Å²) in [6.45, 7) is 2.42. The molecule has 4 unspecified atom stereocenters. The van der Waals surface area contributed by atoms with Gasteiger partial charge < -0.3 is 16.0 Å². The highest BCUT2D eigenvalue weighted by Gasteiger charge is 2.47. The van der Waals surface area contributed by atoms with E-state index >= 15 is 0 Å². The van der Waals surface area contributed by atoms with Crippen LogP contribution in [0.3, 0.4) is 0 Å². The first-order chi connectivity index (χ1) is 19.0. The third-order valence-corrected chi connectivity index (χ3v) is 8.27. The van der Waals surface area contributed by atoms with Crippen LogP contribution >= 0.6 is 0 Å². The summed E-state index contributed by atoms with van der Waals surface area (Å²) in [4.78, 5) is 21.9. The van der Waals surface area contributed by atoms with Gasteiger partial charge in [0.1, 0.15) is 5.82 Å². The predicted molar refractivity (Wildman–Crippen MR) is 153 cm³/mol. The zero-order valence-electron chi connectivity index (χ0n) is 22.1. The van der Waals surface area contributed by atoms with Crippen LogP contribution in [-0.2, 0) is 6.54 Å². The first kappa shape index (κ1) is 26.5. The predicted octanol–water partition coefficient (Wildman–Crippen LogP) is 6.94. The molecule has 2 aromatic carbocycles. The van der Waals surface area contributed by atoms with E-state index in [9.17, 15) is 9.18 Å². The molecule has 0 bridgehead atoms. The molecule has 3 aromatic rings. The zero-order valence-corrected chi connectivity index (χ0v) is 22.1. The molecule has 6 nitrogen and oxygen atoms in total. The largest absolute Gasteiger partial charge is 0.334 e. The van der Waals surface area contributed by atoms with Gasteiger partial charge in [0.15, 0.2) is 0 Å². The molecule has 2 amide bonds. The van der Waals surface area contributed by atoms with E-state index in [1.165, 1.54) is 17.9 Å². The highest BCUT2D eigenvalue weighted by atomic mass is 19.1. The topological polar surface area (TPSA) is 90.2 Å². The number of aliphatic imine (C=N–C) groups is 1. The molecule has 7 heteroatoms. The van der Waals surface area contributed by atoms with Crippen LogP contribution in [0.5, 0.6) is 0 Å². The molecule has 1 fully saturated rings. The van der Waals surface area contributed by atoms with Gasteiger partial charge in [-0.3, -0.25) is 9.98 Å². The molecule has 200 valence electrons. The van der Waals surface area contributed by atoms with Gasteiger partial charge in [-0.25, -0.2) is 9.18 Å². The molecule has 39 heavy (non-hydrogen) atoms. The Hall–Kier alpha value is -4.13. The molecule has 0 radical (unpaired) electrons. The van der Waals surface area contributed by atoms with Gasteiger partial charge in [-0.1, -0.05) is 61.0 Å². The molecule has 0 aliphatic heterocycles. The molecule has 5 rings (SSSR count). The van der Waals surface area contributed by atoms with Gasteiger partial charge in [0.05, 0.1) is 17.9 Å². The lowest BCUT2D eigenvalue weighted by Gasteiger charge is -2.40. The number of carbonyl (C=O) groups is 1. The highest BCUT2D eigenvalue weighted by Crippen LogP contribution is 2.56. The second kappa shape index (κ2) is 11.7. The number of hydrogen-bond donors (Lipinski definition) is 3. The minimum atomic E-state index is -0.333. The fourth-order valence-electron chi connectivity index (χ4n) is 6.06. The first-order valence-electron chi connectivity index (χ1n) is 13.5. The van der Waals surface area contributed by atoms with E-state index in [1.54, 1.807) is 30.6 Å². The van der Waals surface area contributed by atoms with E-state index in [4.69, 9.17) is 10.4 Å². The van der Waals surface area contributed by atoms with Gasteiger partial charge in [0.25, 0.3) is 0 Å². The molecule has 2 aliphatic carbocycles. The molecule has 0 saturated heterocycles. The summed E-state index contributed by atoms with van der Waals surface area (Å²) < 4.78 is 14.0. The van der Waals surface area contributed by atoms with Crippen LogP contribution in [0.15, 0.2) is 95.8 Å². The zero-order chi connectivity index (χ0) is 27.2. The Labute approximate surface area is 229 Å². The third kappa shape index (κ3) is 5.98. The van der Waals surface area contributed by atoms with Gasteiger partial charge >= 0.3 is 6.03 Å². The maximum Gasteiger partial charge on any atom is 0.315 e. The van der Waals surface area contributed by atoms with Crippen molar-refractivity contribution in [3.05, 3.63) is 108 Å². The summed E-state index contributed by atoms with van der Waals surface area (Å²) in [6, 6.07) is 19.7. The lowest BCUT2D eigenvalue weighted by atomic mass is 9.65. The molecule has 0 spiro atoms. The van der Waals surface area contributed by atoms with E-state index in [0.29, 0.717) is 11.5 Å². The molecule has 3 N–H and O–H groups in total. The van der Waals surface area contributed by atoms with Crippen LogP contribution in [0.25, 0.3) is 0 Å². The number of benzene rings is 2. The number of pyridine rings is 1. The number of urea groups is 1. The van der Waals surface area contributed by atoms with Gasteiger partial charge in [0, 0.05) is 36.1 Å². The molecular formula is C32H34FN5O. The number of carbonyl (C=O) groups excluding carboxylic acids is 1. The number of halogens is 1. The Morgan fingerprint density at radius 1 is 1.18 bits per heavy atom. The lowest BCUT2D eigenvalue weighted by Crippen LogP contribution is -2.40. The van der Waals surface area contributed by atoms with Crippen molar-refractivity contribution in [2.45, 2.75) is 45.2 Å². The van der Waals surface area contributed by atoms with Crippen molar-refractivity contribution in [1.82, 2.24) is 15.6 Å². The third-order valence-electron chi connectivity index (χ3n) is 8.27. The van der Waals surface area contributed by atoms with E-state index in [-0.39, 0.29) is 35.8 Å². The van der Waals surface area contributed by atoms with Gasteiger partial charge in [-0.2, -0.15) is 0 Å². The minimum absolute atomic E-state index is 0.0771. The van der Waals surface area contributed by atoms with E-state index in [1.807, 2.05) is 42.5 Å².